The van der Waals surface area contributed by atoms with E-state index in [1.165, 1.54) is 4.90 Å². The molecule has 170 valence electrons. The first-order chi connectivity index (χ1) is 16.1. The zero-order valence-corrected chi connectivity index (χ0v) is 18.3. The number of amides is 1. The monoisotopic (exact) mass is 447 g/mol. The van der Waals surface area contributed by atoms with Crippen LogP contribution in [-0.2, 0) is 0 Å². The molecule has 33 heavy (non-hydrogen) atoms. The summed E-state index contributed by atoms with van der Waals surface area (Å²) in [6.45, 7) is 1.59. The minimum Gasteiger partial charge on any atom is -0.486 e. The SMILES string of the molecule is COc1nc(-c2cccc3c2OCCO3)ccc1Nc1cccc([C@H]2CCCN2C(=O)O)c1. The van der Waals surface area contributed by atoms with E-state index in [-0.39, 0.29) is 6.04 Å². The van der Waals surface area contributed by atoms with Crippen LogP contribution in [0.15, 0.2) is 54.6 Å². The van der Waals surface area contributed by atoms with Gasteiger partial charge in [0.15, 0.2) is 11.5 Å². The maximum Gasteiger partial charge on any atom is 0.407 e. The van der Waals surface area contributed by atoms with Crippen LogP contribution in [0.3, 0.4) is 0 Å². The zero-order valence-electron chi connectivity index (χ0n) is 18.3. The quantitative estimate of drug-likeness (QED) is 0.563. The first kappa shape index (κ1) is 20.9. The molecule has 0 spiro atoms. The summed E-state index contributed by atoms with van der Waals surface area (Å²) < 4.78 is 17.1. The van der Waals surface area contributed by atoms with E-state index in [1.54, 1.807) is 7.11 Å². The average Bonchev–Trinajstić information content (AvgIpc) is 3.35. The second kappa shape index (κ2) is 8.90. The van der Waals surface area contributed by atoms with E-state index in [4.69, 9.17) is 19.2 Å². The number of nitrogens with one attached hydrogen (secondary N) is 1. The van der Waals surface area contributed by atoms with Crippen molar-refractivity contribution in [3.05, 3.63) is 60.2 Å². The Hall–Kier alpha value is -3.94. The van der Waals surface area contributed by atoms with Gasteiger partial charge in [-0.2, -0.15) is 0 Å². The van der Waals surface area contributed by atoms with Crippen LogP contribution in [0.2, 0.25) is 0 Å². The predicted octanol–water partition coefficient (Wildman–Crippen LogP) is 5.09. The number of carboxylic acid groups (broad SMARTS) is 1. The van der Waals surface area contributed by atoms with Crippen molar-refractivity contribution in [1.82, 2.24) is 9.88 Å². The van der Waals surface area contributed by atoms with Crippen LogP contribution in [0.1, 0.15) is 24.4 Å². The molecule has 3 aromatic rings. The van der Waals surface area contributed by atoms with Gasteiger partial charge in [-0.15, -0.1) is 0 Å². The Balaban J connectivity index is 1.42. The van der Waals surface area contributed by atoms with E-state index in [0.29, 0.717) is 42.8 Å². The molecule has 1 amide bonds. The van der Waals surface area contributed by atoms with Crippen LogP contribution < -0.4 is 19.5 Å². The smallest absolute Gasteiger partial charge is 0.407 e. The standard InChI is InChI=1S/C25H25N3O5/c1-31-24-20(11-10-19(27-24)18-7-3-9-22-23(18)33-14-13-32-22)26-17-6-2-5-16(15-17)21-8-4-12-28(21)25(29)30/h2-3,5-7,9-11,15,21,26H,4,8,12-14H2,1H3,(H,29,30)/t21-/m1/s1. The van der Waals surface area contributed by atoms with Crippen molar-refractivity contribution in [3.63, 3.8) is 0 Å². The van der Waals surface area contributed by atoms with Crippen LogP contribution in [0, 0.1) is 0 Å². The Morgan fingerprint density at radius 1 is 1.15 bits per heavy atom. The highest BCUT2D eigenvalue weighted by atomic mass is 16.6. The molecule has 2 aliphatic rings. The van der Waals surface area contributed by atoms with Gasteiger partial charge in [0.2, 0.25) is 5.88 Å². The summed E-state index contributed by atoms with van der Waals surface area (Å²) in [5.41, 5.74) is 4.08. The van der Waals surface area contributed by atoms with Crippen molar-refractivity contribution in [2.75, 3.05) is 32.2 Å². The lowest BCUT2D eigenvalue weighted by molar-refractivity contribution is 0.140. The zero-order chi connectivity index (χ0) is 22.8. The average molecular weight is 447 g/mol. The third-order valence-corrected chi connectivity index (χ3v) is 5.94. The molecule has 0 unspecified atom stereocenters. The number of carbonyl (C=O) groups is 1. The fraction of sp³-hybridized carbons (Fsp3) is 0.280. The highest BCUT2D eigenvalue weighted by molar-refractivity contribution is 5.75. The molecular formula is C25H25N3O5. The van der Waals surface area contributed by atoms with E-state index in [1.807, 2.05) is 54.6 Å². The third kappa shape index (κ3) is 4.11. The van der Waals surface area contributed by atoms with Crippen molar-refractivity contribution in [2.24, 2.45) is 0 Å². The first-order valence-corrected chi connectivity index (χ1v) is 10.9. The number of methoxy groups -OCH3 is 1. The maximum atomic E-state index is 11.6. The van der Waals surface area contributed by atoms with Gasteiger partial charge in [0.1, 0.15) is 18.9 Å². The summed E-state index contributed by atoms with van der Waals surface area (Å²) in [6.07, 6.45) is 0.809. The molecule has 8 heteroatoms. The predicted molar refractivity (Wildman–Crippen MR) is 124 cm³/mol. The van der Waals surface area contributed by atoms with E-state index in [0.717, 1.165) is 35.3 Å². The van der Waals surface area contributed by atoms with Crippen LogP contribution in [0.4, 0.5) is 16.2 Å². The topological polar surface area (TPSA) is 93.2 Å². The van der Waals surface area contributed by atoms with Crippen molar-refractivity contribution >= 4 is 17.5 Å². The lowest BCUT2D eigenvalue weighted by atomic mass is 10.0. The first-order valence-electron chi connectivity index (χ1n) is 10.9. The largest absolute Gasteiger partial charge is 0.486 e. The molecule has 2 aromatic carbocycles. The highest BCUT2D eigenvalue weighted by Crippen LogP contribution is 2.41. The van der Waals surface area contributed by atoms with Gasteiger partial charge in [0, 0.05) is 17.8 Å². The number of para-hydroxylation sites is 1. The lowest BCUT2D eigenvalue weighted by Gasteiger charge is -2.22. The molecule has 0 bridgehead atoms. The fourth-order valence-corrected chi connectivity index (χ4v) is 4.44. The van der Waals surface area contributed by atoms with Gasteiger partial charge in [0.05, 0.1) is 18.8 Å². The molecule has 5 rings (SSSR count). The molecule has 3 heterocycles. The van der Waals surface area contributed by atoms with E-state index in [2.05, 4.69) is 5.32 Å². The fourth-order valence-electron chi connectivity index (χ4n) is 4.44. The van der Waals surface area contributed by atoms with Crippen LogP contribution >= 0.6 is 0 Å². The summed E-state index contributed by atoms with van der Waals surface area (Å²) in [6, 6.07) is 17.3. The van der Waals surface area contributed by atoms with Crippen molar-refractivity contribution < 1.29 is 24.1 Å². The Labute approximate surface area is 191 Å². The van der Waals surface area contributed by atoms with Crippen LogP contribution in [0.25, 0.3) is 11.3 Å². The number of aromatic nitrogens is 1. The van der Waals surface area contributed by atoms with Crippen molar-refractivity contribution in [2.45, 2.75) is 18.9 Å². The number of pyridine rings is 1. The second-order valence-electron chi connectivity index (χ2n) is 7.97. The summed E-state index contributed by atoms with van der Waals surface area (Å²) in [5, 5.41) is 12.8. The van der Waals surface area contributed by atoms with Crippen LogP contribution in [0.5, 0.6) is 17.4 Å². The van der Waals surface area contributed by atoms with E-state index >= 15 is 0 Å². The number of likely N-dealkylation sites (tertiary alicyclic amines) is 1. The summed E-state index contributed by atoms with van der Waals surface area (Å²) in [4.78, 5) is 17.7. The Morgan fingerprint density at radius 3 is 2.85 bits per heavy atom. The van der Waals surface area contributed by atoms with Gasteiger partial charge in [-0.1, -0.05) is 18.2 Å². The van der Waals surface area contributed by atoms with Gasteiger partial charge >= 0.3 is 6.09 Å². The van der Waals surface area contributed by atoms with Gasteiger partial charge in [0.25, 0.3) is 0 Å². The van der Waals surface area contributed by atoms with Crippen LogP contribution in [-0.4, -0.2) is 48.0 Å². The Kier molecular flexibility index (Phi) is 5.64. The number of fused-ring (bicyclic) bond motifs is 1. The summed E-state index contributed by atoms with van der Waals surface area (Å²) in [7, 11) is 1.58. The van der Waals surface area contributed by atoms with E-state index in [9.17, 15) is 9.90 Å². The van der Waals surface area contributed by atoms with Crippen molar-refractivity contribution in [3.8, 4) is 28.6 Å². The number of ether oxygens (including phenoxy) is 3. The number of benzene rings is 2. The number of hydrogen-bond acceptors (Lipinski definition) is 6. The summed E-state index contributed by atoms with van der Waals surface area (Å²) in [5.74, 6) is 1.84. The molecule has 0 aliphatic carbocycles. The van der Waals surface area contributed by atoms with Gasteiger partial charge in [-0.3, -0.25) is 0 Å². The summed E-state index contributed by atoms with van der Waals surface area (Å²) >= 11 is 0. The highest BCUT2D eigenvalue weighted by Gasteiger charge is 2.29. The number of hydrogen-bond donors (Lipinski definition) is 2. The van der Waals surface area contributed by atoms with Gasteiger partial charge in [-0.05, 0) is 54.8 Å². The normalized spacial score (nSPS) is 17.0. The molecule has 1 saturated heterocycles. The molecule has 2 N–H and O–H groups in total. The minimum atomic E-state index is -0.880. The van der Waals surface area contributed by atoms with E-state index < -0.39 is 6.09 Å². The molecule has 1 atom stereocenters. The minimum absolute atomic E-state index is 0.127. The Bertz CT molecular complexity index is 1180. The lowest BCUT2D eigenvalue weighted by Crippen LogP contribution is -2.28. The van der Waals surface area contributed by atoms with Gasteiger partial charge < -0.3 is 29.5 Å². The Morgan fingerprint density at radius 2 is 2.00 bits per heavy atom. The van der Waals surface area contributed by atoms with Gasteiger partial charge in [-0.25, -0.2) is 9.78 Å². The molecule has 1 fully saturated rings. The molecule has 8 nitrogen and oxygen atoms in total. The molecule has 0 radical (unpaired) electrons. The molecule has 1 aromatic heterocycles. The molecule has 0 saturated carbocycles. The number of nitrogens with zero attached hydrogens (tertiary/aromatic N) is 2. The molecular weight excluding hydrogens is 422 g/mol. The second-order valence-corrected chi connectivity index (χ2v) is 7.97. The number of anilines is 2. The molecule has 2 aliphatic heterocycles. The number of rotatable bonds is 5. The maximum absolute atomic E-state index is 11.6. The van der Waals surface area contributed by atoms with Crippen molar-refractivity contribution in [1.29, 1.82) is 0 Å². The third-order valence-electron chi connectivity index (χ3n) is 5.94.